The largest absolute Gasteiger partial charge is 0.306 e. The highest BCUT2D eigenvalue weighted by atomic mass is 32.1. The summed E-state index contributed by atoms with van der Waals surface area (Å²) in [5.41, 5.74) is 1.12. The fourth-order valence-corrected chi connectivity index (χ4v) is 4.43. The molecule has 3 nitrogen and oxygen atoms in total. The number of rotatable bonds is 1. The Morgan fingerprint density at radius 3 is 2.57 bits per heavy atom. The highest BCUT2D eigenvalue weighted by molar-refractivity contribution is 7.18. The normalized spacial score (nSPS) is 14.7. The van der Waals surface area contributed by atoms with Gasteiger partial charge in [0, 0.05) is 16.5 Å². The van der Waals surface area contributed by atoms with Gasteiger partial charge in [-0.1, -0.05) is 6.42 Å². The Bertz CT molecular complexity index is 941. The van der Waals surface area contributed by atoms with E-state index < -0.39 is 11.6 Å². The Hall–Kier alpha value is -2.08. The van der Waals surface area contributed by atoms with Crippen molar-refractivity contribution in [2.24, 2.45) is 0 Å². The van der Waals surface area contributed by atoms with E-state index >= 15 is 0 Å². The molecule has 0 bridgehead atoms. The molecule has 0 saturated heterocycles. The number of benzene rings is 1. The van der Waals surface area contributed by atoms with Gasteiger partial charge in [-0.15, -0.1) is 11.3 Å². The predicted molar refractivity (Wildman–Crippen MR) is 86.9 cm³/mol. The first kappa shape index (κ1) is 14.5. The molecule has 1 aliphatic carbocycles. The van der Waals surface area contributed by atoms with Crippen LogP contribution in [-0.2, 0) is 12.8 Å². The van der Waals surface area contributed by atoms with Crippen LogP contribution in [0.4, 0.5) is 8.78 Å². The Morgan fingerprint density at radius 1 is 1.04 bits per heavy atom. The summed E-state index contributed by atoms with van der Waals surface area (Å²) < 4.78 is 26.8. The van der Waals surface area contributed by atoms with E-state index in [0.29, 0.717) is 10.2 Å². The molecule has 6 heteroatoms. The number of hydrogen-bond acceptors (Lipinski definition) is 3. The number of aromatic nitrogens is 2. The van der Waals surface area contributed by atoms with Crippen LogP contribution in [-0.4, -0.2) is 9.97 Å². The van der Waals surface area contributed by atoms with Gasteiger partial charge < -0.3 is 4.98 Å². The van der Waals surface area contributed by atoms with Crippen LogP contribution >= 0.6 is 11.3 Å². The molecule has 23 heavy (non-hydrogen) atoms. The zero-order valence-electron chi connectivity index (χ0n) is 12.3. The van der Waals surface area contributed by atoms with Crippen molar-refractivity contribution < 1.29 is 8.78 Å². The Balaban J connectivity index is 1.92. The second-order valence-corrected chi connectivity index (χ2v) is 6.90. The smallest absolute Gasteiger partial charge is 0.260 e. The number of thiophene rings is 1. The summed E-state index contributed by atoms with van der Waals surface area (Å²) in [6, 6.07) is 3.14. The number of nitrogens with zero attached hydrogens (tertiary/aromatic N) is 1. The van der Waals surface area contributed by atoms with E-state index in [9.17, 15) is 13.6 Å². The average Bonchev–Trinajstić information content (AvgIpc) is 2.69. The minimum Gasteiger partial charge on any atom is -0.306 e. The topological polar surface area (TPSA) is 45.8 Å². The van der Waals surface area contributed by atoms with Gasteiger partial charge in [0.15, 0.2) is 0 Å². The van der Waals surface area contributed by atoms with Crippen LogP contribution in [0.5, 0.6) is 0 Å². The third-order valence-corrected chi connectivity index (χ3v) is 5.40. The van der Waals surface area contributed by atoms with Crippen molar-refractivity contribution in [2.45, 2.75) is 32.1 Å². The van der Waals surface area contributed by atoms with Gasteiger partial charge >= 0.3 is 0 Å². The second kappa shape index (κ2) is 5.53. The van der Waals surface area contributed by atoms with Crippen LogP contribution < -0.4 is 5.56 Å². The van der Waals surface area contributed by atoms with Crippen molar-refractivity contribution in [2.75, 3.05) is 0 Å². The van der Waals surface area contributed by atoms with Crippen LogP contribution in [0.25, 0.3) is 21.6 Å². The molecule has 0 atom stereocenters. The molecule has 4 rings (SSSR count). The SMILES string of the molecule is O=c1[nH]c(-c2cc(F)cc(F)c2)nc2sc3c(c12)CCCCC3. The van der Waals surface area contributed by atoms with Gasteiger partial charge in [-0.05, 0) is 43.4 Å². The molecular weight excluding hydrogens is 318 g/mol. The summed E-state index contributed by atoms with van der Waals surface area (Å²) >= 11 is 1.53. The molecule has 1 N–H and O–H groups in total. The van der Waals surface area contributed by atoms with Crippen LogP contribution in [0.3, 0.4) is 0 Å². The Morgan fingerprint density at radius 2 is 1.78 bits per heavy atom. The summed E-state index contributed by atoms with van der Waals surface area (Å²) in [6.07, 6.45) is 5.25. The van der Waals surface area contributed by atoms with E-state index in [1.165, 1.54) is 34.8 Å². The van der Waals surface area contributed by atoms with E-state index in [1.54, 1.807) is 0 Å². The van der Waals surface area contributed by atoms with Crippen LogP contribution in [0.1, 0.15) is 29.7 Å². The monoisotopic (exact) mass is 332 g/mol. The molecule has 1 aliphatic rings. The van der Waals surface area contributed by atoms with Gasteiger partial charge in [0.05, 0.1) is 5.39 Å². The number of fused-ring (bicyclic) bond motifs is 3. The first-order valence-electron chi connectivity index (χ1n) is 7.63. The molecule has 2 heterocycles. The first-order valence-corrected chi connectivity index (χ1v) is 8.44. The maximum atomic E-state index is 13.4. The zero-order chi connectivity index (χ0) is 16.0. The lowest BCUT2D eigenvalue weighted by Crippen LogP contribution is -2.10. The van der Waals surface area contributed by atoms with Crippen molar-refractivity contribution in [3.8, 4) is 11.4 Å². The number of aryl methyl sites for hydroxylation is 2. The van der Waals surface area contributed by atoms with Gasteiger partial charge in [-0.3, -0.25) is 4.79 Å². The number of hydrogen-bond donors (Lipinski definition) is 1. The molecule has 0 unspecified atom stereocenters. The van der Waals surface area contributed by atoms with Gasteiger partial charge in [0.1, 0.15) is 22.3 Å². The van der Waals surface area contributed by atoms with Crippen molar-refractivity contribution >= 4 is 21.6 Å². The molecule has 1 aromatic carbocycles. The average molecular weight is 332 g/mol. The molecule has 0 spiro atoms. The summed E-state index contributed by atoms with van der Waals surface area (Å²) in [4.78, 5) is 21.5. The maximum Gasteiger partial charge on any atom is 0.260 e. The first-order chi connectivity index (χ1) is 11.1. The maximum absolute atomic E-state index is 13.4. The van der Waals surface area contributed by atoms with Gasteiger partial charge in [0.2, 0.25) is 0 Å². The summed E-state index contributed by atoms with van der Waals surface area (Å²) in [6.45, 7) is 0. The lowest BCUT2D eigenvalue weighted by atomic mass is 10.1. The third kappa shape index (κ3) is 2.57. The molecule has 0 saturated carbocycles. The van der Waals surface area contributed by atoms with Crippen LogP contribution in [0.15, 0.2) is 23.0 Å². The van der Waals surface area contributed by atoms with Crippen LogP contribution in [0.2, 0.25) is 0 Å². The number of halogens is 2. The molecule has 0 amide bonds. The lowest BCUT2D eigenvalue weighted by molar-refractivity contribution is 0.584. The predicted octanol–water partition coefficient (Wildman–Crippen LogP) is 4.20. The minimum absolute atomic E-state index is 0.206. The molecule has 3 aromatic rings. The van der Waals surface area contributed by atoms with Crippen molar-refractivity contribution in [1.82, 2.24) is 9.97 Å². The third-order valence-electron chi connectivity index (χ3n) is 4.21. The van der Waals surface area contributed by atoms with Crippen molar-refractivity contribution in [3.05, 3.63) is 50.6 Å². The molecular formula is C17H14F2N2OS. The molecule has 0 aliphatic heterocycles. The summed E-state index contributed by atoms with van der Waals surface area (Å²) in [5, 5.41) is 0.646. The fourth-order valence-electron chi connectivity index (χ4n) is 3.17. The molecule has 118 valence electrons. The second-order valence-electron chi connectivity index (χ2n) is 5.82. The van der Waals surface area contributed by atoms with Gasteiger partial charge in [-0.2, -0.15) is 0 Å². The molecule has 0 radical (unpaired) electrons. The molecule has 2 aromatic heterocycles. The van der Waals surface area contributed by atoms with E-state index in [1.807, 2.05) is 0 Å². The van der Waals surface area contributed by atoms with E-state index in [-0.39, 0.29) is 16.9 Å². The highest BCUT2D eigenvalue weighted by Gasteiger charge is 2.19. The zero-order valence-corrected chi connectivity index (χ0v) is 13.1. The number of H-pyrrole nitrogens is 1. The standard InChI is InChI=1S/C17H14F2N2OS/c18-10-6-9(7-11(19)8-10)15-20-16(22)14-12-4-2-1-3-5-13(12)23-17(14)21-15/h6-8H,1-5H2,(H,20,21,22). The van der Waals surface area contributed by atoms with Crippen molar-refractivity contribution in [3.63, 3.8) is 0 Å². The lowest BCUT2D eigenvalue weighted by Gasteiger charge is -2.03. The van der Waals surface area contributed by atoms with E-state index in [2.05, 4.69) is 9.97 Å². The quantitative estimate of drug-likeness (QED) is 0.679. The minimum atomic E-state index is -0.690. The van der Waals surface area contributed by atoms with Gasteiger partial charge in [-0.25, -0.2) is 13.8 Å². The Kier molecular flexibility index (Phi) is 3.49. The number of aromatic amines is 1. The van der Waals surface area contributed by atoms with Crippen LogP contribution in [0, 0.1) is 11.6 Å². The highest BCUT2D eigenvalue weighted by Crippen LogP contribution is 2.33. The number of nitrogens with one attached hydrogen (secondary N) is 1. The van der Waals surface area contributed by atoms with Crippen molar-refractivity contribution in [1.29, 1.82) is 0 Å². The van der Waals surface area contributed by atoms with E-state index in [4.69, 9.17) is 0 Å². The summed E-state index contributed by atoms with van der Waals surface area (Å²) in [7, 11) is 0. The molecule has 0 fully saturated rings. The fraction of sp³-hybridized carbons (Fsp3) is 0.294. The Labute approximate surface area is 135 Å². The van der Waals surface area contributed by atoms with E-state index in [0.717, 1.165) is 37.3 Å². The summed E-state index contributed by atoms with van der Waals surface area (Å²) in [5.74, 6) is -1.17. The van der Waals surface area contributed by atoms with Gasteiger partial charge in [0.25, 0.3) is 5.56 Å².